The summed E-state index contributed by atoms with van der Waals surface area (Å²) in [5, 5.41) is 0. The van der Waals surface area contributed by atoms with E-state index < -0.39 is 0 Å². The topological polar surface area (TPSA) is 33.2 Å². The molecule has 1 aromatic heterocycles. The van der Waals surface area contributed by atoms with Crippen LogP contribution in [-0.2, 0) is 0 Å². The van der Waals surface area contributed by atoms with Crippen molar-refractivity contribution in [1.82, 2.24) is 9.88 Å². The molecule has 0 radical (unpaired) electrons. The fourth-order valence-corrected chi connectivity index (χ4v) is 3.10. The molecule has 1 aliphatic rings. The number of aromatic nitrogens is 1. The van der Waals surface area contributed by atoms with Gasteiger partial charge in [0.15, 0.2) is 0 Å². The molecular weight excluding hydrogens is 292 g/mol. The minimum absolute atomic E-state index is 0.0652. The van der Waals surface area contributed by atoms with Crippen LogP contribution in [0.5, 0.6) is 0 Å². The summed E-state index contributed by atoms with van der Waals surface area (Å²) in [7, 11) is 0. The third kappa shape index (κ3) is 3.69. The molecule has 3 rings (SSSR count). The van der Waals surface area contributed by atoms with Crippen molar-refractivity contribution >= 4 is 17.7 Å². The number of carbonyl (C=O) groups is 1. The number of amides is 1. The Morgan fingerprint density at radius 3 is 2.50 bits per heavy atom. The molecule has 0 saturated carbocycles. The predicted molar refractivity (Wildman–Crippen MR) is 89.9 cm³/mol. The number of rotatable bonds is 1. The molecule has 4 heteroatoms. The van der Waals surface area contributed by atoms with Crippen molar-refractivity contribution in [2.75, 3.05) is 24.6 Å². The second-order valence-corrected chi connectivity index (χ2v) is 6.18. The van der Waals surface area contributed by atoms with Gasteiger partial charge in [0, 0.05) is 36.4 Å². The van der Waals surface area contributed by atoms with E-state index in [1.165, 1.54) is 0 Å². The lowest BCUT2D eigenvalue weighted by Gasteiger charge is -2.26. The zero-order chi connectivity index (χ0) is 15.2. The Morgan fingerprint density at radius 1 is 1.05 bits per heavy atom. The minimum Gasteiger partial charge on any atom is -0.337 e. The SMILES string of the molecule is O=C(c1ccc(C#Cc2ccccc2)nc1)N1CCSCC1. The predicted octanol–water partition coefficient (Wildman–Crippen LogP) is 2.67. The summed E-state index contributed by atoms with van der Waals surface area (Å²) in [6, 6.07) is 13.4. The summed E-state index contributed by atoms with van der Waals surface area (Å²) in [6.07, 6.45) is 1.62. The average Bonchev–Trinajstić information content (AvgIpc) is 2.61. The highest BCUT2D eigenvalue weighted by molar-refractivity contribution is 7.99. The molecule has 22 heavy (non-hydrogen) atoms. The van der Waals surface area contributed by atoms with Crippen molar-refractivity contribution in [1.29, 1.82) is 0 Å². The number of pyridine rings is 1. The number of benzene rings is 1. The molecule has 3 nitrogen and oxygen atoms in total. The number of hydrogen-bond acceptors (Lipinski definition) is 3. The first-order chi connectivity index (χ1) is 10.8. The molecule has 0 aliphatic carbocycles. The zero-order valence-corrected chi connectivity index (χ0v) is 13.0. The van der Waals surface area contributed by atoms with Gasteiger partial charge in [-0.2, -0.15) is 11.8 Å². The summed E-state index contributed by atoms with van der Waals surface area (Å²) < 4.78 is 0. The Bertz CT molecular complexity index is 695. The maximum atomic E-state index is 12.3. The van der Waals surface area contributed by atoms with Crippen LogP contribution in [-0.4, -0.2) is 40.4 Å². The third-order valence-electron chi connectivity index (χ3n) is 3.42. The molecule has 0 N–H and O–H groups in total. The Hall–Kier alpha value is -2.25. The standard InChI is InChI=1S/C18H16N2OS/c21-18(20-10-12-22-13-11-20)16-7-9-17(19-14-16)8-6-15-4-2-1-3-5-15/h1-5,7,9,14H,10-13H2. The molecule has 110 valence electrons. The first-order valence-electron chi connectivity index (χ1n) is 7.23. The molecule has 0 atom stereocenters. The summed E-state index contributed by atoms with van der Waals surface area (Å²) in [5.74, 6) is 8.17. The molecule has 0 spiro atoms. The molecule has 0 bridgehead atoms. The monoisotopic (exact) mass is 308 g/mol. The Morgan fingerprint density at radius 2 is 1.82 bits per heavy atom. The minimum atomic E-state index is 0.0652. The van der Waals surface area contributed by atoms with E-state index in [9.17, 15) is 4.79 Å². The van der Waals surface area contributed by atoms with Gasteiger partial charge in [0.1, 0.15) is 5.69 Å². The van der Waals surface area contributed by atoms with Crippen LogP contribution in [0.25, 0.3) is 0 Å². The van der Waals surface area contributed by atoms with Gasteiger partial charge >= 0.3 is 0 Å². The van der Waals surface area contributed by atoms with Gasteiger partial charge in [0.05, 0.1) is 5.56 Å². The van der Waals surface area contributed by atoms with Crippen LogP contribution in [0.1, 0.15) is 21.6 Å². The summed E-state index contributed by atoms with van der Waals surface area (Å²) in [4.78, 5) is 18.5. The van der Waals surface area contributed by atoms with Crippen molar-refractivity contribution in [3.63, 3.8) is 0 Å². The first kappa shape index (κ1) is 14.7. The molecule has 1 aliphatic heterocycles. The lowest BCUT2D eigenvalue weighted by Crippen LogP contribution is -2.37. The van der Waals surface area contributed by atoms with Crippen LogP contribution in [0.4, 0.5) is 0 Å². The smallest absolute Gasteiger partial charge is 0.255 e. The normalized spacial score (nSPS) is 14.1. The second kappa shape index (κ2) is 7.15. The van der Waals surface area contributed by atoms with Gasteiger partial charge in [-0.3, -0.25) is 4.79 Å². The first-order valence-corrected chi connectivity index (χ1v) is 8.38. The molecule has 1 fully saturated rings. The summed E-state index contributed by atoms with van der Waals surface area (Å²) in [6.45, 7) is 1.64. The lowest BCUT2D eigenvalue weighted by atomic mass is 10.2. The highest BCUT2D eigenvalue weighted by Gasteiger charge is 2.18. The van der Waals surface area contributed by atoms with Gasteiger partial charge in [0.2, 0.25) is 0 Å². The molecule has 1 amide bonds. The van der Waals surface area contributed by atoms with Crippen LogP contribution >= 0.6 is 11.8 Å². The van der Waals surface area contributed by atoms with E-state index in [1.54, 1.807) is 6.20 Å². The van der Waals surface area contributed by atoms with Crippen molar-refractivity contribution in [3.8, 4) is 11.8 Å². The maximum absolute atomic E-state index is 12.3. The van der Waals surface area contributed by atoms with Crippen molar-refractivity contribution in [3.05, 3.63) is 65.5 Å². The molecule has 1 aromatic carbocycles. The van der Waals surface area contributed by atoms with Crippen LogP contribution in [0, 0.1) is 11.8 Å². The van der Waals surface area contributed by atoms with Crippen molar-refractivity contribution < 1.29 is 4.79 Å². The molecule has 2 heterocycles. The Kier molecular flexibility index (Phi) is 4.77. The lowest BCUT2D eigenvalue weighted by molar-refractivity contribution is 0.0772. The van der Waals surface area contributed by atoms with E-state index in [2.05, 4.69) is 16.8 Å². The van der Waals surface area contributed by atoms with E-state index in [-0.39, 0.29) is 5.91 Å². The van der Waals surface area contributed by atoms with Gasteiger partial charge < -0.3 is 4.90 Å². The average molecular weight is 308 g/mol. The quantitative estimate of drug-likeness (QED) is 0.760. The van der Waals surface area contributed by atoms with Crippen LogP contribution < -0.4 is 0 Å². The van der Waals surface area contributed by atoms with Gasteiger partial charge in [-0.15, -0.1) is 0 Å². The van der Waals surface area contributed by atoms with Crippen LogP contribution in [0.3, 0.4) is 0 Å². The molecule has 2 aromatic rings. The molecule has 1 saturated heterocycles. The number of carbonyl (C=O) groups excluding carboxylic acids is 1. The van der Waals surface area contributed by atoms with Crippen LogP contribution in [0.15, 0.2) is 48.7 Å². The third-order valence-corrected chi connectivity index (χ3v) is 4.36. The highest BCUT2D eigenvalue weighted by Crippen LogP contribution is 2.12. The number of thioether (sulfide) groups is 1. The van der Waals surface area contributed by atoms with Gasteiger partial charge in [-0.05, 0) is 30.2 Å². The summed E-state index contributed by atoms with van der Waals surface area (Å²) >= 11 is 1.89. The molecular formula is C18H16N2OS. The van der Waals surface area contributed by atoms with E-state index in [1.807, 2.05) is 59.1 Å². The van der Waals surface area contributed by atoms with Crippen molar-refractivity contribution in [2.24, 2.45) is 0 Å². The van der Waals surface area contributed by atoms with E-state index >= 15 is 0 Å². The highest BCUT2D eigenvalue weighted by atomic mass is 32.2. The maximum Gasteiger partial charge on any atom is 0.255 e. The number of nitrogens with zero attached hydrogens (tertiary/aromatic N) is 2. The van der Waals surface area contributed by atoms with E-state index in [4.69, 9.17) is 0 Å². The fourth-order valence-electron chi connectivity index (χ4n) is 2.20. The Balaban J connectivity index is 1.70. The van der Waals surface area contributed by atoms with Crippen LogP contribution in [0.2, 0.25) is 0 Å². The zero-order valence-electron chi connectivity index (χ0n) is 12.2. The van der Waals surface area contributed by atoms with Gasteiger partial charge in [0.25, 0.3) is 5.91 Å². The van der Waals surface area contributed by atoms with E-state index in [0.717, 1.165) is 30.2 Å². The second-order valence-electron chi connectivity index (χ2n) is 4.95. The van der Waals surface area contributed by atoms with Gasteiger partial charge in [-0.25, -0.2) is 4.98 Å². The largest absolute Gasteiger partial charge is 0.337 e. The number of hydrogen-bond donors (Lipinski definition) is 0. The van der Waals surface area contributed by atoms with Crippen molar-refractivity contribution in [2.45, 2.75) is 0 Å². The summed E-state index contributed by atoms with van der Waals surface area (Å²) in [5.41, 5.74) is 2.27. The fraction of sp³-hybridized carbons (Fsp3) is 0.222. The molecule has 0 unspecified atom stereocenters. The van der Waals surface area contributed by atoms with Gasteiger partial charge in [-0.1, -0.05) is 24.1 Å². The van der Waals surface area contributed by atoms with E-state index in [0.29, 0.717) is 11.3 Å². The Labute approximate surface area is 134 Å².